The van der Waals surface area contributed by atoms with Gasteiger partial charge in [0.05, 0.1) is 17.4 Å². The molecule has 1 fully saturated rings. The maximum Gasteiger partial charge on any atom is 0.147 e. The summed E-state index contributed by atoms with van der Waals surface area (Å²) < 4.78 is 15.4. The van der Waals surface area contributed by atoms with Gasteiger partial charge in [-0.05, 0) is 61.4 Å². The lowest BCUT2D eigenvalue weighted by atomic mass is 10.0. The van der Waals surface area contributed by atoms with Crippen LogP contribution in [-0.2, 0) is 0 Å². The summed E-state index contributed by atoms with van der Waals surface area (Å²) in [6.45, 7) is 8.03. The molecule has 34 heavy (non-hydrogen) atoms. The van der Waals surface area contributed by atoms with Gasteiger partial charge in [-0.1, -0.05) is 48.0 Å². The third-order valence-corrected chi connectivity index (χ3v) is 7.04. The lowest BCUT2D eigenvalue weighted by molar-refractivity contribution is 0.209. The number of para-hydroxylation sites is 1. The number of anilines is 2. The number of hydrogen-bond donors (Lipinski definition) is 1. The van der Waals surface area contributed by atoms with Crippen LogP contribution >= 0.6 is 11.6 Å². The molecule has 0 radical (unpaired) electrons. The topological polar surface area (TPSA) is 21.8 Å². The van der Waals surface area contributed by atoms with Crippen LogP contribution in [-0.4, -0.2) is 37.1 Å². The fraction of sp³-hybridized carbons (Fsp3) is 0.286. The second kappa shape index (κ2) is 9.69. The Morgan fingerprint density at radius 2 is 1.65 bits per heavy atom. The molecule has 2 heterocycles. The number of nitrogens with zero attached hydrogens (tertiary/aromatic N) is 3. The van der Waals surface area contributed by atoms with Crippen molar-refractivity contribution in [1.29, 1.82) is 0 Å². The molecule has 1 atom stereocenters. The molecule has 0 aliphatic carbocycles. The van der Waals surface area contributed by atoms with Gasteiger partial charge in [-0.25, -0.2) is 4.39 Å². The molecule has 2 aliphatic rings. The standard InChI is InChI=1S/C28H30ClFN4/c1-20(2)32-15-17-33(18-16-32)28-12-9-22(19-25(28)30)24-5-3-4-6-27(24)34-26(13-14-31-34)21-7-10-23(29)11-8-21/h3-14,19-20,26,31H,15-18H2,1-2H3. The van der Waals surface area contributed by atoms with Crippen molar-refractivity contribution < 1.29 is 4.39 Å². The maximum atomic E-state index is 15.4. The van der Waals surface area contributed by atoms with Crippen LogP contribution in [0.1, 0.15) is 25.5 Å². The molecule has 4 nitrogen and oxygen atoms in total. The molecule has 6 heteroatoms. The Kier molecular flexibility index (Phi) is 6.48. The molecular weight excluding hydrogens is 447 g/mol. The van der Waals surface area contributed by atoms with E-state index in [2.05, 4.69) is 46.2 Å². The van der Waals surface area contributed by atoms with Gasteiger partial charge >= 0.3 is 0 Å². The summed E-state index contributed by atoms with van der Waals surface area (Å²) in [5.41, 5.74) is 7.99. The monoisotopic (exact) mass is 476 g/mol. The molecule has 0 aromatic heterocycles. The number of hydrazine groups is 1. The minimum absolute atomic E-state index is 0.0137. The van der Waals surface area contributed by atoms with Gasteiger partial charge in [0.15, 0.2) is 0 Å². The predicted octanol–water partition coefficient (Wildman–Crippen LogP) is 6.26. The van der Waals surface area contributed by atoms with E-state index < -0.39 is 0 Å². The van der Waals surface area contributed by atoms with Crippen molar-refractivity contribution in [1.82, 2.24) is 10.3 Å². The number of rotatable bonds is 5. The number of nitrogens with one attached hydrogen (secondary N) is 1. The zero-order chi connectivity index (χ0) is 23.7. The summed E-state index contributed by atoms with van der Waals surface area (Å²) in [7, 11) is 0. The summed E-state index contributed by atoms with van der Waals surface area (Å²) in [6, 6.07) is 22.2. The van der Waals surface area contributed by atoms with Crippen LogP contribution in [0.15, 0.2) is 79.0 Å². The number of halogens is 2. The molecule has 1 unspecified atom stereocenters. The minimum Gasteiger partial charge on any atom is -0.367 e. The molecule has 1 saturated heterocycles. The van der Waals surface area contributed by atoms with Crippen LogP contribution in [0.4, 0.5) is 15.8 Å². The highest BCUT2D eigenvalue weighted by atomic mass is 35.5. The van der Waals surface area contributed by atoms with Gasteiger partial charge in [0.2, 0.25) is 0 Å². The van der Waals surface area contributed by atoms with E-state index in [0.717, 1.165) is 48.6 Å². The van der Waals surface area contributed by atoms with E-state index in [4.69, 9.17) is 11.6 Å². The van der Waals surface area contributed by atoms with Gasteiger partial charge in [0.1, 0.15) is 5.82 Å². The first-order valence-electron chi connectivity index (χ1n) is 11.9. The van der Waals surface area contributed by atoms with Crippen molar-refractivity contribution >= 4 is 23.0 Å². The first-order chi connectivity index (χ1) is 16.5. The van der Waals surface area contributed by atoms with Crippen molar-refractivity contribution in [3.8, 4) is 11.1 Å². The molecule has 0 spiro atoms. The van der Waals surface area contributed by atoms with Crippen molar-refractivity contribution in [2.45, 2.75) is 25.9 Å². The SMILES string of the molecule is CC(C)N1CCN(c2ccc(-c3ccccc3N3NC=CC3c3ccc(Cl)cc3)cc2F)CC1. The maximum absolute atomic E-state index is 15.4. The third-order valence-electron chi connectivity index (χ3n) is 6.79. The van der Waals surface area contributed by atoms with Crippen molar-refractivity contribution in [2.24, 2.45) is 0 Å². The molecule has 0 amide bonds. The molecular formula is C28H30ClFN4. The Morgan fingerprint density at radius 1 is 0.912 bits per heavy atom. The third kappa shape index (κ3) is 4.50. The highest BCUT2D eigenvalue weighted by Gasteiger charge is 2.25. The Labute approximate surface area is 206 Å². The summed E-state index contributed by atoms with van der Waals surface area (Å²) in [5.74, 6) is -0.174. The normalized spacial score (nSPS) is 18.6. The molecule has 0 bridgehead atoms. The highest BCUT2D eigenvalue weighted by Crippen LogP contribution is 2.38. The fourth-order valence-electron chi connectivity index (χ4n) is 4.86. The van der Waals surface area contributed by atoms with Crippen molar-refractivity contribution in [3.63, 3.8) is 0 Å². The lowest BCUT2D eigenvalue weighted by Crippen LogP contribution is -2.49. The van der Waals surface area contributed by atoms with E-state index in [1.807, 2.05) is 60.8 Å². The van der Waals surface area contributed by atoms with Crippen LogP contribution in [0, 0.1) is 5.82 Å². The minimum atomic E-state index is -0.174. The number of hydrogen-bond acceptors (Lipinski definition) is 4. The zero-order valence-corrected chi connectivity index (χ0v) is 20.3. The van der Waals surface area contributed by atoms with E-state index in [0.29, 0.717) is 16.8 Å². The Hall–Kier alpha value is -3.02. The van der Waals surface area contributed by atoms with Crippen LogP contribution in [0.2, 0.25) is 5.02 Å². The van der Waals surface area contributed by atoms with Crippen LogP contribution in [0.25, 0.3) is 11.1 Å². The number of benzene rings is 3. The van der Waals surface area contributed by atoms with Gasteiger partial charge in [-0.3, -0.25) is 9.91 Å². The summed E-state index contributed by atoms with van der Waals surface area (Å²) in [6.07, 6.45) is 4.05. The van der Waals surface area contributed by atoms with E-state index in [-0.39, 0.29) is 11.9 Å². The second-order valence-electron chi connectivity index (χ2n) is 9.15. The first kappa shape index (κ1) is 22.8. The van der Waals surface area contributed by atoms with Crippen LogP contribution in [0.3, 0.4) is 0 Å². The van der Waals surface area contributed by atoms with E-state index in [9.17, 15) is 0 Å². The first-order valence-corrected chi connectivity index (χ1v) is 12.2. The largest absolute Gasteiger partial charge is 0.367 e. The smallest absolute Gasteiger partial charge is 0.147 e. The van der Waals surface area contributed by atoms with Gasteiger partial charge < -0.3 is 10.3 Å². The second-order valence-corrected chi connectivity index (χ2v) is 9.59. The predicted molar refractivity (Wildman–Crippen MR) is 140 cm³/mol. The van der Waals surface area contributed by atoms with Crippen LogP contribution in [0.5, 0.6) is 0 Å². The Morgan fingerprint density at radius 3 is 2.35 bits per heavy atom. The summed E-state index contributed by atoms with van der Waals surface area (Å²) >= 11 is 6.09. The van der Waals surface area contributed by atoms with Crippen molar-refractivity contribution in [2.75, 3.05) is 36.1 Å². The molecule has 176 valence electrons. The molecule has 3 aromatic rings. The molecule has 5 rings (SSSR count). The lowest BCUT2D eigenvalue weighted by Gasteiger charge is -2.38. The van der Waals surface area contributed by atoms with E-state index >= 15 is 4.39 Å². The molecule has 1 N–H and O–H groups in total. The molecule has 3 aromatic carbocycles. The zero-order valence-electron chi connectivity index (χ0n) is 19.6. The quantitative estimate of drug-likeness (QED) is 0.469. The fourth-order valence-corrected chi connectivity index (χ4v) is 4.98. The molecule has 2 aliphatic heterocycles. The molecule has 0 saturated carbocycles. The summed E-state index contributed by atoms with van der Waals surface area (Å²) in [4.78, 5) is 4.60. The van der Waals surface area contributed by atoms with Gasteiger partial charge in [0, 0.05) is 49.0 Å². The van der Waals surface area contributed by atoms with Gasteiger partial charge in [0.25, 0.3) is 0 Å². The van der Waals surface area contributed by atoms with Crippen LogP contribution < -0.4 is 15.3 Å². The Bertz CT molecular complexity index is 1170. The highest BCUT2D eigenvalue weighted by molar-refractivity contribution is 6.30. The number of piperazine rings is 1. The van der Waals surface area contributed by atoms with Crippen molar-refractivity contribution in [3.05, 3.63) is 95.4 Å². The van der Waals surface area contributed by atoms with E-state index in [1.165, 1.54) is 0 Å². The Balaban J connectivity index is 1.41. The van der Waals surface area contributed by atoms with Gasteiger partial charge in [-0.15, -0.1) is 0 Å². The average molecular weight is 477 g/mol. The summed E-state index contributed by atoms with van der Waals surface area (Å²) in [5, 5.41) is 2.82. The average Bonchev–Trinajstić information content (AvgIpc) is 3.34. The van der Waals surface area contributed by atoms with Gasteiger partial charge in [-0.2, -0.15) is 0 Å². The van der Waals surface area contributed by atoms with E-state index in [1.54, 1.807) is 6.07 Å².